The molecule has 0 unspecified atom stereocenters. The fourth-order valence-corrected chi connectivity index (χ4v) is 2.10. The molecule has 22 heavy (non-hydrogen) atoms. The van der Waals surface area contributed by atoms with Gasteiger partial charge in [0.05, 0.1) is 13.2 Å². The van der Waals surface area contributed by atoms with Gasteiger partial charge in [-0.25, -0.2) is 9.59 Å². The van der Waals surface area contributed by atoms with Crippen LogP contribution in [0.5, 0.6) is 0 Å². The van der Waals surface area contributed by atoms with E-state index in [0.29, 0.717) is 24.0 Å². The van der Waals surface area contributed by atoms with Crippen molar-refractivity contribution in [3.8, 4) is 0 Å². The van der Waals surface area contributed by atoms with Crippen LogP contribution in [-0.4, -0.2) is 25.2 Å². The molecule has 0 atom stereocenters. The van der Waals surface area contributed by atoms with Crippen molar-refractivity contribution in [3.05, 3.63) is 11.1 Å². The summed E-state index contributed by atoms with van der Waals surface area (Å²) >= 11 is 0. The maximum atomic E-state index is 12.4. The summed E-state index contributed by atoms with van der Waals surface area (Å²) < 4.78 is 10.3. The third-order valence-electron chi connectivity index (χ3n) is 2.82. The third kappa shape index (κ3) is 8.20. The van der Waals surface area contributed by atoms with Crippen LogP contribution in [0.4, 0.5) is 0 Å². The Kier molecular flexibility index (Phi) is 7.85. The summed E-state index contributed by atoms with van der Waals surface area (Å²) in [5, 5.41) is 0. The standard InChI is InChI=1S/C18H32O4/c1-9-21-15(19)13(11-17(3,4)5)14(12-18(6,7)8)16(20)22-10-2/h9-12H2,1-8H3/b14-13-. The molecule has 0 bridgehead atoms. The average Bonchev–Trinajstić information content (AvgIpc) is 2.31. The van der Waals surface area contributed by atoms with E-state index in [1.54, 1.807) is 13.8 Å². The SMILES string of the molecule is CCOC(=O)/C(CC(C)(C)C)=C(/CC(C)(C)C)C(=O)OCC. The van der Waals surface area contributed by atoms with Gasteiger partial charge < -0.3 is 9.47 Å². The first-order chi connectivity index (χ1) is 9.91. The average molecular weight is 312 g/mol. The van der Waals surface area contributed by atoms with Gasteiger partial charge in [-0.1, -0.05) is 41.5 Å². The molecule has 128 valence electrons. The lowest BCUT2D eigenvalue weighted by molar-refractivity contribution is -0.142. The first-order valence-electron chi connectivity index (χ1n) is 7.97. The van der Waals surface area contributed by atoms with E-state index < -0.39 is 11.9 Å². The van der Waals surface area contributed by atoms with Gasteiger partial charge in [-0.3, -0.25) is 0 Å². The summed E-state index contributed by atoms with van der Waals surface area (Å²) in [6.45, 7) is 16.3. The topological polar surface area (TPSA) is 52.6 Å². The van der Waals surface area contributed by atoms with E-state index in [9.17, 15) is 9.59 Å². The van der Waals surface area contributed by atoms with Crippen molar-refractivity contribution in [3.63, 3.8) is 0 Å². The Morgan fingerprint density at radius 2 is 0.955 bits per heavy atom. The van der Waals surface area contributed by atoms with Crippen LogP contribution in [0.2, 0.25) is 0 Å². The summed E-state index contributed by atoms with van der Waals surface area (Å²) in [5.41, 5.74) is 0.639. The van der Waals surface area contributed by atoms with Crippen molar-refractivity contribution < 1.29 is 19.1 Å². The first kappa shape index (κ1) is 20.7. The van der Waals surface area contributed by atoms with Crippen molar-refractivity contribution in [2.75, 3.05) is 13.2 Å². The van der Waals surface area contributed by atoms with Gasteiger partial charge in [0, 0.05) is 11.1 Å². The van der Waals surface area contributed by atoms with Crippen molar-refractivity contribution >= 4 is 11.9 Å². The van der Waals surface area contributed by atoms with Crippen LogP contribution in [0.1, 0.15) is 68.2 Å². The number of rotatable bonds is 6. The Hall–Kier alpha value is -1.32. The van der Waals surface area contributed by atoms with Gasteiger partial charge in [0.2, 0.25) is 0 Å². The van der Waals surface area contributed by atoms with Crippen LogP contribution in [0.25, 0.3) is 0 Å². The summed E-state index contributed by atoms with van der Waals surface area (Å²) in [6, 6.07) is 0. The number of carbonyl (C=O) groups is 2. The summed E-state index contributed by atoms with van der Waals surface area (Å²) in [7, 11) is 0. The van der Waals surface area contributed by atoms with E-state index in [2.05, 4.69) is 0 Å². The monoisotopic (exact) mass is 312 g/mol. The molecule has 0 N–H and O–H groups in total. The normalized spacial score (nSPS) is 13.5. The maximum absolute atomic E-state index is 12.4. The van der Waals surface area contributed by atoms with Gasteiger partial charge in [0.1, 0.15) is 0 Å². The lowest BCUT2D eigenvalue weighted by atomic mass is 9.81. The molecule has 0 amide bonds. The molecule has 0 radical (unpaired) electrons. The smallest absolute Gasteiger partial charge is 0.334 e. The number of carbonyl (C=O) groups excluding carboxylic acids is 2. The quantitative estimate of drug-likeness (QED) is 0.542. The van der Waals surface area contributed by atoms with E-state index in [1.807, 2.05) is 41.5 Å². The molecule has 0 aliphatic carbocycles. The second-order valence-electron chi connectivity index (χ2n) is 7.87. The molecule has 0 aromatic rings. The molecule has 0 saturated heterocycles. The molecule has 0 aromatic carbocycles. The zero-order valence-electron chi connectivity index (χ0n) is 15.5. The molecule has 0 aliphatic rings. The number of hydrogen-bond acceptors (Lipinski definition) is 4. The minimum Gasteiger partial charge on any atom is -0.463 e. The van der Waals surface area contributed by atoms with Crippen molar-refractivity contribution in [2.24, 2.45) is 10.8 Å². The molecular formula is C18H32O4. The minimum atomic E-state index is -0.412. The largest absolute Gasteiger partial charge is 0.463 e. The second kappa shape index (κ2) is 8.35. The summed E-state index contributed by atoms with van der Waals surface area (Å²) in [5.74, 6) is -0.825. The Labute approximate surface area is 135 Å². The van der Waals surface area contributed by atoms with Crippen LogP contribution in [0, 0.1) is 10.8 Å². The molecule has 0 aromatic heterocycles. The van der Waals surface area contributed by atoms with Gasteiger partial charge in [-0.05, 0) is 37.5 Å². The molecule has 4 nitrogen and oxygen atoms in total. The van der Waals surface area contributed by atoms with Gasteiger partial charge in [-0.15, -0.1) is 0 Å². The van der Waals surface area contributed by atoms with E-state index in [-0.39, 0.29) is 24.0 Å². The summed E-state index contributed by atoms with van der Waals surface area (Å²) in [4.78, 5) is 24.7. The highest BCUT2D eigenvalue weighted by Gasteiger charge is 2.29. The van der Waals surface area contributed by atoms with Crippen LogP contribution >= 0.6 is 0 Å². The maximum Gasteiger partial charge on any atom is 0.334 e. The molecule has 4 heteroatoms. The van der Waals surface area contributed by atoms with Crippen LogP contribution in [0.3, 0.4) is 0 Å². The third-order valence-corrected chi connectivity index (χ3v) is 2.82. The van der Waals surface area contributed by atoms with E-state index in [1.165, 1.54) is 0 Å². The van der Waals surface area contributed by atoms with E-state index >= 15 is 0 Å². The zero-order valence-corrected chi connectivity index (χ0v) is 15.5. The molecule has 0 heterocycles. The predicted octanol–water partition coefficient (Wildman–Crippen LogP) is 4.28. The Balaban J connectivity index is 5.92. The highest BCUT2D eigenvalue weighted by Crippen LogP contribution is 2.33. The number of ether oxygens (including phenoxy) is 2. The molecular weight excluding hydrogens is 280 g/mol. The van der Waals surface area contributed by atoms with Gasteiger partial charge >= 0.3 is 11.9 Å². The van der Waals surface area contributed by atoms with Crippen LogP contribution in [-0.2, 0) is 19.1 Å². The van der Waals surface area contributed by atoms with Crippen molar-refractivity contribution in [1.82, 2.24) is 0 Å². The fourth-order valence-electron chi connectivity index (χ4n) is 2.10. The van der Waals surface area contributed by atoms with E-state index in [0.717, 1.165) is 0 Å². The van der Waals surface area contributed by atoms with Crippen LogP contribution < -0.4 is 0 Å². The Morgan fingerprint density at radius 3 is 1.14 bits per heavy atom. The molecule has 0 rings (SSSR count). The fraction of sp³-hybridized carbons (Fsp3) is 0.778. The van der Waals surface area contributed by atoms with Crippen LogP contribution in [0.15, 0.2) is 11.1 Å². The van der Waals surface area contributed by atoms with Crippen molar-refractivity contribution in [2.45, 2.75) is 68.2 Å². The molecule has 0 spiro atoms. The van der Waals surface area contributed by atoms with Gasteiger partial charge in [-0.2, -0.15) is 0 Å². The number of hydrogen-bond donors (Lipinski definition) is 0. The van der Waals surface area contributed by atoms with Gasteiger partial charge in [0.25, 0.3) is 0 Å². The van der Waals surface area contributed by atoms with E-state index in [4.69, 9.17) is 9.47 Å². The Morgan fingerprint density at radius 1 is 0.682 bits per heavy atom. The lowest BCUT2D eigenvalue weighted by Gasteiger charge is -2.25. The zero-order chi connectivity index (χ0) is 17.6. The predicted molar refractivity (Wildman–Crippen MR) is 88.4 cm³/mol. The molecule has 0 fully saturated rings. The minimum absolute atomic E-state index is 0.127. The molecule has 0 aliphatic heterocycles. The second-order valence-corrected chi connectivity index (χ2v) is 7.87. The number of esters is 2. The summed E-state index contributed by atoms with van der Waals surface area (Å²) in [6.07, 6.45) is 0.964. The van der Waals surface area contributed by atoms with Gasteiger partial charge in [0.15, 0.2) is 0 Å². The highest BCUT2D eigenvalue weighted by molar-refractivity contribution is 6.00. The van der Waals surface area contributed by atoms with Crippen molar-refractivity contribution in [1.29, 1.82) is 0 Å². The lowest BCUT2D eigenvalue weighted by Crippen LogP contribution is -2.23. The molecule has 0 saturated carbocycles. The first-order valence-corrected chi connectivity index (χ1v) is 7.97. The highest BCUT2D eigenvalue weighted by atomic mass is 16.5. The Bertz CT molecular complexity index is 379.